The summed E-state index contributed by atoms with van der Waals surface area (Å²) < 4.78 is 5.49. The minimum absolute atomic E-state index is 0.0262. The summed E-state index contributed by atoms with van der Waals surface area (Å²) in [4.78, 5) is 14.4. The highest BCUT2D eigenvalue weighted by Gasteiger charge is 2.15. The van der Waals surface area contributed by atoms with Crippen LogP contribution in [0.3, 0.4) is 0 Å². The van der Waals surface area contributed by atoms with Gasteiger partial charge >= 0.3 is 0 Å². The number of ether oxygens (including phenoxy) is 1. The summed E-state index contributed by atoms with van der Waals surface area (Å²) in [5.74, 6) is 0.415. The SMILES string of the molecule is Cc1cc(C)c([N+](=O)[O-])cc1Oc1nc(Cl)cs1. The van der Waals surface area contributed by atoms with Crippen LogP contribution in [0.15, 0.2) is 17.5 Å². The van der Waals surface area contributed by atoms with E-state index in [1.807, 2.05) is 6.92 Å². The minimum atomic E-state index is -0.434. The van der Waals surface area contributed by atoms with Gasteiger partial charge in [0.15, 0.2) is 0 Å². The maximum absolute atomic E-state index is 10.9. The van der Waals surface area contributed by atoms with E-state index < -0.39 is 4.92 Å². The van der Waals surface area contributed by atoms with Crippen LogP contribution in [0.4, 0.5) is 5.69 Å². The van der Waals surface area contributed by atoms with Gasteiger partial charge < -0.3 is 4.74 Å². The molecule has 0 fully saturated rings. The molecule has 0 saturated carbocycles. The van der Waals surface area contributed by atoms with Gasteiger partial charge in [0.25, 0.3) is 10.9 Å². The van der Waals surface area contributed by atoms with E-state index >= 15 is 0 Å². The lowest BCUT2D eigenvalue weighted by molar-refractivity contribution is -0.385. The van der Waals surface area contributed by atoms with Crippen LogP contribution in [0, 0.1) is 24.0 Å². The van der Waals surface area contributed by atoms with Crippen LogP contribution in [0.5, 0.6) is 10.9 Å². The highest BCUT2D eigenvalue weighted by Crippen LogP contribution is 2.33. The second-order valence-electron chi connectivity index (χ2n) is 3.70. The van der Waals surface area contributed by atoms with Crippen molar-refractivity contribution in [3.05, 3.63) is 43.9 Å². The van der Waals surface area contributed by atoms with Gasteiger partial charge in [-0.1, -0.05) is 22.9 Å². The number of nitro groups is 1. The molecule has 0 spiro atoms. The molecule has 1 heterocycles. The van der Waals surface area contributed by atoms with Crippen molar-refractivity contribution < 1.29 is 9.66 Å². The minimum Gasteiger partial charge on any atom is -0.430 e. The summed E-state index contributed by atoms with van der Waals surface area (Å²) in [5.41, 5.74) is 1.43. The molecule has 2 rings (SSSR count). The number of nitrogens with zero attached hydrogens (tertiary/aromatic N) is 2. The van der Waals surface area contributed by atoms with Gasteiger partial charge in [-0.3, -0.25) is 10.1 Å². The van der Waals surface area contributed by atoms with E-state index in [-0.39, 0.29) is 5.69 Å². The van der Waals surface area contributed by atoms with Gasteiger partial charge in [-0.25, -0.2) is 0 Å². The largest absolute Gasteiger partial charge is 0.430 e. The first kappa shape index (κ1) is 12.8. The van der Waals surface area contributed by atoms with Crippen LogP contribution in [0.2, 0.25) is 5.15 Å². The zero-order valence-electron chi connectivity index (χ0n) is 9.64. The van der Waals surface area contributed by atoms with E-state index in [2.05, 4.69) is 4.98 Å². The molecule has 7 heteroatoms. The van der Waals surface area contributed by atoms with Gasteiger partial charge in [-0.05, 0) is 25.5 Å². The number of benzene rings is 1. The van der Waals surface area contributed by atoms with Crippen LogP contribution in [-0.2, 0) is 0 Å². The van der Waals surface area contributed by atoms with Crippen molar-refractivity contribution in [2.75, 3.05) is 0 Å². The molecule has 2 aromatic rings. The Hall–Kier alpha value is -1.66. The fraction of sp³-hybridized carbons (Fsp3) is 0.182. The molecule has 0 aliphatic rings. The molecular formula is C11H9ClN2O3S. The fourth-order valence-corrected chi connectivity index (χ4v) is 2.31. The summed E-state index contributed by atoms with van der Waals surface area (Å²) in [6.07, 6.45) is 0. The maximum atomic E-state index is 10.9. The number of hydrogen-bond acceptors (Lipinski definition) is 5. The maximum Gasteiger partial charge on any atom is 0.280 e. The fourth-order valence-electron chi connectivity index (χ4n) is 1.51. The lowest BCUT2D eigenvalue weighted by atomic mass is 10.1. The normalized spacial score (nSPS) is 10.4. The van der Waals surface area contributed by atoms with E-state index in [1.54, 1.807) is 18.4 Å². The van der Waals surface area contributed by atoms with Gasteiger partial charge in [0.05, 0.1) is 11.0 Å². The Labute approximate surface area is 112 Å². The Morgan fingerprint density at radius 3 is 2.67 bits per heavy atom. The molecule has 1 aromatic heterocycles. The quantitative estimate of drug-likeness (QED) is 0.628. The van der Waals surface area contributed by atoms with Crippen molar-refractivity contribution in [2.45, 2.75) is 13.8 Å². The molecule has 0 saturated heterocycles. The van der Waals surface area contributed by atoms with Crippen molar-refractivity contribution in [1.29, 1.82) is 0 Å². The second-order valence-corrected chi connectivity index (χ2v) is 4.91. The first-order valence-corrected chi connectivity index (χ1v) is 6.27. The van der Waals surface area contributed by atoms with Crippen LogP contribution >= 0.6 is 22.9 Å². The Morgan fingerprint density at radius 1 is 1.39 bits per heavy atom. The summed E-state index contributed by atoms with van der Waals surface area (Å²) in [5, 5.41) is 13.2. The van der Waals surface area contributed by atoms with Crippen LogP contribution in [0.1, 0.15) is 11.1 Å². The van der Waals surface area contributed by atoms with E-state index in [1.165, 1.54) is 17.4 Å². The number of rotatable bonds is 3. The van der Waals surface area contributed by atoms with Gasteiger partial charge in [-0.2, -0.15) is 4.98 Å². The molecule has 0 aliphatic heterocycles. The molecule has 18 heavy (non-hydrogen) atoms. The number of thiazole rings is 1. The average molecular weight is 285 g/mol. The molecule has 5 nitrogen and oxygen atoms in total. The highest BCUT2D eigenvalue weighted by atomic mass is 35.5. The molecule has 0 unspecified atom stereocenters. The lowest BCUT2D eigenvalue weighted by Crippen LogP contribution is -1.95. The Balaban J connectivity index is 2.38. The van der Waals surface area contributed by atoms with E-state index in [0.29, 0.717) is 21.7 Å². The monoisotopic (exact) mass is 284 g/mol. The van der Waals surface area contributed by atoms with Gasteiger partial charge in [0.1, 0.15) is 10.9 Å². The van der Waals surface area contributed by atoms with E-state index in [4.69, 9.17) is 16.3 Å². The third-order valence-corrected chi connectivity index (χ3v) is 3.38. The first-order chi connectivity index (χ1) is 8.47. The molecule has 1 aromatic carbocycles. The molecule has 0 bridgehead atoms. The summed E-state index contributed by atoms with van der Waals surface area (Å²) in [7, 11) is 0. The summed E-state index contributed by atoms with van der Waals surface area (Å²) in [6.45, 7) is 3.51. The number of nitro benzene ring substituents is 1. The number of halogens is 1. The predicted octanol–water partition coefficient (Wildman–Crippen LogP) is 4.11. The van der Waals surface area contributed by atoms with Gasteiger partial charge in [0, 0.05) is 10.9 Å². The standard InChI is InChI=1S/C11H9ClN2O3S/c1-6-3-7(2)9(4-8(6)14(15)16)17-11-13-10(12)5-18-11/h3-5H,1-2H3. The second kappa shape index (κ2) is 4.91. The Morgan fingerprint density at radius 2 is 2.11 bits per heavy atom. The number of aromatic nitrogens is 1. The van der Waals surface area contributed by atoms with E-state index in [9.17, 15) is 10.1 Å². The molecule has 0 aliphatic carbocycles. The third kappa shape index (κ3) is 2.60. The van der Waals surface area contributed by atoms with Gasteiger partial charge in [-0.15, -0.1) is 0 Å². The zero-order valence-corrected chi connectivity index (χ0v) is 11.2. The molecule has 0 atom stereocenters. The molecule has 0 N–H and O–H groups in total. The van der Waals surface area contributed by atoms with Crippen molar-refractivity contribution in [3.63, 3.8) is 0 Å². The van der Waals surface area contributed by atoms with Crippen molar-refractivity contribution in [3.8, 4) is 10.9 Å². The Bertz CT molecular complexity index is 612. The smallest absolute Gasteiger partial charge is 0.280 e. The van der Waals surface area contributed by atoms with Crippen molar-refractivity contribution >= 4 is 28.6 Å². The van der Waals surface area contributed by atoms with Crippen LogP contribution in [-0.4, -0.2) is 9.91 Å². The van der Waals surface area contributed by atoms with Crippen LogP contribution in [0.25, 0.3) is 0 Å². The van der Waals surface area contributed by atoms with E-state index in [0.717, 1.165) is 5.56 Å². The number of hydrogen-bond donors (Lipinski definition) is 0. The molecule has 0 radical (unpaired) electrons. The van der Waals surface area contributed by atoms with Crippen molar-refractivity contribution in [1.82, 2.24) is 4.98 Å². The summed E-state index contributed by atoms with van der Waals surface area (Å²) in [6, 6.07) is 3.11. The third-order valence-electron chi connectivity index (χ3n) is 2.34. The average Bonchev–Trinajstić information content (AvgIpc) is 2.67. The molecule has 0 amide bonds. The predicted molar refractivity (Wildman–Crippen MR) is 69.8 cm³/mol. The van der Waals surface area contributed by atoms with Crippen LogP contribution < -0.4 is 4.74 Å². The molecule has 94 valence electrons. The molecular weight excluding hydrogens is 276 g/mol. The lowest BCUT2D eigenvalue weighted by Gasteiger charge is -2.07. The van der Waals surface area contributed by atoms with Crippen molar-refractivity contribution in [2.24, 2.45) is 0 Å². The summed E-state index contributed by atoms with van der Waals surface area (Å²) >= 11 is 6.92. The zero-order chi connectivity index (χ0) is 13.3. The topological polar surface area (TPSA) is 65.3 Å². The highest BCUT2D eigenvalue weighted by molar-refractivity contribution is 7.11. The Kier molecular flexibility index (Phi) is 3.49. The van der Waals surface area contributed by atoms with Gasteiger partial charge in [0.2, 0.25) is 0 Å². The number of aryl methyl sites for hydroxylation is 2. The first-order valence-electron chi connectivity index (χ1n) is 5.02.